The van der Waals surface area contributed by atoms with E-state index in [1.165, 1.54) is 5.56 Å². The largest absolute Gasteiger partial charge is 0.334 e. The fourth-order valence-corrected chi connectivity index (χ4v) is 4.01. The Bertz CT molecular complexity index is 642. The van der Waals surface area contributed by atoms with Gasteiger partial charge < -0.3 is 4.90 Å². The lowest BCUT2D eigenvalue weighted by molar-refractivity contribution is -0.130. The van der Waals surface area contributed by atoms with Crippen molar-refractivity contribution in [2.45, 2.75) is 37.0 Å². The number of sulfonamides is 1. The number of benzene rings is 1. The van der Waals surface area contributed by atoms with E-state index in [1.54, 1.807) is 4.90 Å². The highest BCUT2D eigenvalue weighted by molar-refractivity contribution is 7.89. The molecule has 6 heteroatoms. The summed E-state index contributed by atoms with van der Waals surface area (Å²) in [4.78, 5) is 13.8. The molecule has 3 rings (SSSR count). The number of rotatable bonds is 2. The van der Waals surface area contributed by atoms with Crippen molar-refractivity contribution in [3.63, 3.8) is 0 Å². The molecule has 1 unspecified atom stereocenters. The molecule has 0 spiro atoms. The highest BCUT2D eigenvalue weighted by atomic mass is 32.2. The van der Waals surface area contributed by atoms with Crippen molar-refractivity contribution in [2.24, 2.45) is 5.14 Å². The van der Waals surface area contributed by atoms with E-state index in [4.69, 9.17) is 5.14 Å². The van der Waals surface area contributed by atoms with Crippen molar-refractivity contribution < 1.29 is 13.2 Å². The number of hydrogen-bond acceptors (Lipinski definition) is 3. The van der Waals surface area contributed by atoms with E-state index in [-0.39, 0.29) is 24.9 Å². The number of carbonyl (C=O) groups excluding carboxylic acids is 1. The summed E-state index contributed by atoms with van der Waals surface area (Å²) in [6, 6.07) is 8.09. The van der Waals surface area contributed by atoms with Crippen LogP contribution in [0.15, 0.2) is 24.3 Å². The van der Waals surface area contributed by atoms with Crippen LogP contribution < -0.4 is 5.14 Å². The molecule has 0 bridgehead atoms. The first-order chi connectivity index (χ1) is 9.47. The summed E-state index contributed by atoms with van der Waals surface area (Å²) in [6.45, 7) is 0.219. The molecule has 20 heavy (non-hydrogen) atoms. The lowest BCUT2D eigenvalue weighted by atomic mass is 9.87. The topological polar surface area (TPSA) is 80.5 Å². The Hall–Kier alpha value is -1.40. The number of fused-ring (bicyclic) bond motifs is 1. The number of carbonyl (C=O) groups is 1. The maximum absolute atomic E-state index is 12.1. The fourth-order valence-electron chi connectivity index (χ4n) is 3.27. The molecule has 1 fully saturated rings. The zero-order valence-corrected chi connectivity index (χ0v) is 12.0. The van der Waals surface area contributed by atoms with Gasteiger partial charge in [0.1, 0.15) is 5.25 Å². The third-order valence-electron chi connectivity index (χ3n) is 4.30. The molecule has 108 valence electrons. The van der Waals surface area contributed by atoms with Crippen molar-refractivity contribution in [1.29, 1.82) is 0 Å². The van der Waals surface area contributed by atoms with E-state index in [9.17, 15) is 13.2 Å². The average molecular weight is 294 g/mol. The second kappa shape index (κ2) is 4.86. The van der Waals surface area contributed by atoms with Crippen molar-refractivity contribution in [1.82, 2.24) is 4.90 Å². The third kappa shape index (κ3) is 2.33. The van der Waals surface area contributed by atoms with Gasteiger partial charge in [-0.15, -0.1) is 0 Å². The predicted octanol–water partition coefficient (Wildman–Crippen LogP) is 0.953. The monoisotopic (exact) mass is 294 g/mol. The van der Waals surface area contributed by atoms with E-state index < -0.39 is 15.3 Å². The van der Waals surface area contributed by atoms with E-state index >= 15 is 0 Å². The average Bonchev–Trinajstić information content (AvgIpc) is 2.80. The number of primary sulfonamides is 1. The Morgan fingerprint density at radius 1 is 1.25 bits per heavy atom. The summed E-state index contributed by atoms with van der Waals surface area (Å²) in [5.74, 6) is -0.106. The molecule has 1 aliphatic heterocycles. The number of likely N-dealkylation sites (tertiary alicyclic amines) is 1. The minimum Gasteiger partial charge on any atom is -0.334 e. The van der Waals surface area contributed by atoms with Crippen LogP contribution in [0.5, 0.6) is 0 Å². The molecule has 2 aliphatic rings. The maximum Gasteiger partial charge on any atom is 0.224 e. The molecule has 1 amide bonds. The molecule has 2 N–H and O–H groups in total. The van der Waals surface area contributed by atoms with Crippen molar-refractivity contribution in [3.8, 4) is 0 Å². The van der Waals surface area contributed by atoms with Gasteiger partial charge in [0.15, 0.2) is 0 Å². The van der Waals surface area contributed by atoms with Gasteiger partial charge in [-0.2, -0.15) is 0 Å². The molecule has 2 atom stereocenters. The van der Waals surface area contributed by atoms with Gasteiger partial charge in [0.25, 0.3) is 0 Å². The van der Waals surface area contributed by atoms with Crippen LogP contribution >= 0.6 is 0 Å². The SMILES string of the molecule is NS(=O)(=O)C1CC(=O)N([C@H]2CCCc3ccccc32)C1. The number of amides is 1. The third-order valence-corrected chi connectivity index (χ3v) is 5.55. The Balaban J connectivity index is 1.90. The molecule has 5 nitrogen and oxygen atoms in total. The van der Waals surface area contributed by atoms with Gasteiger partial charge >= 0.3 is 0 Å². The highest BCUT2D eigenvalue weighted by Gasteiger charge is 2.40. The van der Waals surface area contributed by atoms with Crippen LogP contribution in [0.1, 0.15) is 36.4 Å². The molecular weight excluding hydrogens is 276 g/mol. The Morgan fingerprint density at radius 3 is 2.70 bits per heavy atom. The van der Waals surface area contributed by atoms with Crippen LogP contribution in [-0.2, 0) is 21.2 Å². The standard InChI is InChI=1S/C14H18N2O3S/c15-20(18,19)11-8-14(17)16(9-11)13-7-3-5-10-4-1-2-6-12(10)13/h1-2,4,6,11,13H,3,5,7-9H2,(H2,15,18,19)/t11?,13-/m0/s1. The second-order valence-corrected chi connectivity index (χ2v) is 7.41. The summed E-state index contributed by atoms with van der Waals surface area (Å²) in [5, 5.41) is 4.42. The van der Waals surface area contributed by atoms with Crippen LogP contribution in [0.4, 0.5) is 0 Å². The molecule has 1 saturated heterocycles. The number of aryl methyl sites for hydroxylation is 1. The summed E-state index contributed by atoms with van der Waals surface area (Å²) in [5.41, 5.74) is 2.41. The quantitative estimate of drug-likeness (QED) is 0.882. The molecular formula is C14H18N2O3S. The van der Waals surface area contributed by atoms with Gasteiger partial charge in [0.05, 0.1) is 6.04 Å². The molecule has 1 aliphatic carbocycles. The summed E-state index contributed by atoms with van der Waals surface area (Å²) in [7, 11) is -3.65. The normalized spacial score (nSPS) is 26.6. The van der Waals surface area contributed by atoms with Crippen LogP contribution in [0.2, 0.25) is 0 Å². The highest BCUT2D eigenvalue weighted by Crippen LogP contribution is 2.37. The van der Waals surface area contributed by atoms with E-state index in [0.717, 1.165) is 24.8 Å². The van der Waals surface area contributed by atoms with Crippen LogP contribution in [0.25, 0.3) is 0 Å². The van der Waals surface area contributed by atoms with Crippen LogP contribution in [0, 0.1) is 0 Å². The van der Waals surface area contributed by atoms with E-state index in [2.05, 4.69) is 6.07 Å². The van der Waals surface area contributed by atoms with Crippen LogP contribution in [0.3, 0.4) is 0 Å². The fraction of sp³-hybridized carbons (Fsp3) is 0.500. The second-order valence-electron chi connectivity index (χ2n) is 5.57. The molecule has 1 aromatic rings. The van der Waals surface area contributed by atoms with Gasteiger partial charge in [0.2, 0.25) is 15.9 Å². The maximum atomic E-state index is 12.1. The van der Waals surface area contributed by atoms with Gasteiger partial charge in [-0.25, -0.2) is 13.6 Å². The first kappa shape index (κ1) is 13.6. The first-order valence-corrected chi connectivity index (χ1v) is 8.46. The van der Waals surface area contributed by atoms with Gasteiger partial charge in [0, 0.05) is 13.0 Å². The summed E-state index contributed by atoms with van der Waals surface area (Å²) >= 11 is 0. The first-order valence-electron chi connectivity index (χ1n) is 6.85. The zero-order chi connectivity index (χ0) is 14.3. The molecule has 0 radical (unpaired) electrons. The lowest BCUT2D eigenvalue weighted by Crippen LogP contribution is -2.35. The van der Waals surface area contributed by atoms with Gasteiger partial charge in [-0.3, -0.25) is 4.79 Å². The number of hydrogen-bond donors (Lipinski definition) is 1. The molecule has 0 saturated carbocycles. The Morgan fingerprint density at radius 2 is 2.00 bits per heavy atom. The minimum absolute atomic E-state index is 0.000741. The van der Waals surface area contributed by atoms with Gasteiger partial charge in [-0.1, -0.05) is 24.3 Å². The smallest absolute Gasteiger partial charge is 0.224 e. The minimum atomic E-state index is -3.65. The number of nitrogens with two attached hydrogens (primary N) is 1. The zero-order valence-electron chi connectivity index (χ0n) is 11.2. The molecule has 1 aromatic carbocycles. The van der Waals surface area contributed by atoms with Crippen molar-refractivity contribution >= 4 is 15.9 Å². The Labute approximate surface area is 118 Å². The molecule has 1 heterocycles. The summed E-state index contributed by atoms with van der Waals surface area (Å²) in [6.07, 6.45) is 2.94. The Kier molecular flexibility index (Phi) is 3.30. The van der Waals surface area contributed by atoms with Gasteiger partial charge in [-0.05, 0) is 30.4 Å². The van der Waals surface area contributed by atoms with E-state index in [0.29, 0.717) is 0 Å². The van der Waals surface area contributed by atoms with E-state index in [1.807, 2.05) is 18.2 Å². The van der Waals surface area contributed by atoms with Crippen molar-refractivity contribution in [3.05, 3.63) is 35.4 Å². The number of nitrogens with zero attached hydrogens (tertiary/aromatic N) is 1. The lowest BCUT2D eigenvalue weighted by Gasteiger charge is -2.33. The summed E-state index contributed by atoms with van der Waals surface area (Å²) < 4.78 is 22.9. The molecule has 0 aromatic heterocycles. The van der Waals surface area contributed by atoms with Crippen LogP contribution in [-0.4, -0.2) is 31.0 Å². The van der Waals surface area contributed by atoms with Crippen molar-refractivity contribution in [2.75, 3.05) is 6.54 Å². The predicted molar refractivity (Wildman–Crippen MR) is 75.3 cm³/mol.